The molecule has 1 aromatic carbocycles. The lowest BCUT2D eigenvalue weighted by Gasteiger charge is -2.07. The van der Waals surface area contributed by atoms with Crippen molar-refractivity contribution in [3.05, 3.63) is 70.7 Å². The van der Waals surface area contributed by atoms with Crippen molar-refractivity contribution in [2.45, 2.75) is 39.7 Å². The highest BCUT2D eigenvalue weighted by Gasteiger charge is 2.12. The Bertz CT molecular complexity index is 782. The van der Waals surface area contributed by atoms with E-state index >= 15 is 0 Å². The highest BCUT2D eigenvalue weighted by Crippen LogP contribution is 2.20. The molecular formula is C19H23N3. The summed E-state index contributed by atoms with van der Waals surface area (Å²) < 4.78 is 2.16. The highest BCUT2D eigenvalue weighted by atomic mass is 15.0. The topological polar surface area (TPSA) is 43.3 Å². The maximum absolute atomic E-state index is 5.99. The summed E-state index contributed by atoms with van der Waals surface area (Å²) in [6.07, 6.45) is 0.825. The van der Waals surface area contributed by atoms with Crippen LogP contribution in [0.5, 0.6) is 0 Å². The van der Waals surface area contributed by atoms with E-state index in [0.29, 0.717) is 12.5 Å². The van der Waals surface area contributed by atoms with Crippen LogP contribution in [0, 0.1) is 6.92 Å². The molecule has 2 heterocycles. The molecule has 2 aromatic heterocycles. The van der Waals surface area contributed by atoms with E-state index in [9.17, 15) is 0 Å². The molecule has 0 aliphatic carbocycles. The van der Waals surface area contributed by atoms with Gasteiger partial charge in [-0.05, 0) is 36.1 Å². The van der Waals surface area contributed by atoms with Gasteiger partial charge < -0.3 is 5.73 Å². The van der Waals surface area contributed by atoms with E-state index in [-0.39, 0.29) is 0 Å². The summed E-state index contributed by atoms with van der Waals surface area (Å²) in [5, 5.41) is 0. The number of nitrogens with two attached hydrogens (primary N) is 1. The van der Waals surface area contributed by atoms with Gasteiger partial charge in [0.05, 0.1) is 11.4 Å². The molecule has 0 aliphatic heterocycles. The Morgan fingerprint density at radius 3 is 2.45 bits per heavy atom. The Morgan fingerprint density at radius 1 is 1.09 bits per heavy atom. The van der Waals surface area contributed by atoms with Gasteiger partial charge in [-0.1, -0.05) is 44.2 Å². The number of imidazole rings is 1. The first-order chi connectivity index (χ1) is 10.6. The highest BCUT2D eigenvalue weighted by molar-refractivity contribution is 5.46. The molecular weight excluding hydrogens is 270 g/mol. The zero-order chi connectivity index (χ0) is 15.7. The van der Waals surface area contributed by atoms with Crippen LogP contribution in [0.3, 0.4) is 0 Å². The summed E-state index contributed by atoms with van der Waals surface area (Å²) in [5.74, 6) is 0.562. The first-order valence-electron chi connectivity index (χ1n) is 7.85. The molecule has 2 N–H and O–H groups in total. The summed E-state index contributed by atoms with van der Waals surface area (Å²) in [6, 6.07) is 15.0. The zero-order valence-corrected chi connectivity index (χ0v) is 13.5. The van der Waals surface area contributed by atoms with E-state index in [1.54, 1.807) is 0 Å². The summed E-state index contributed by atoms with van der Waals surface area (Å²) in [4.78, 5) is 4.78. The van der Waals surface area contributed by atoms with Crippen LogP contribution in [0.2, 0.25) is 0 Å². The van der Waals surface area contributed by atoms with Crippen LogP contribution in [0.15, 0.2) is 42.5 Å². The maximum Gasteiger partial charge on any atom is 0.137 e. The van der Waals surface area contributed by atoms with Crippen molar-refractivity contribution < 1.29 is 0 Å². The summed E-state index contributed by atoms with van der Waals surface area (Å²) in [5.41, 5.74) is 13.0. The van der Waals surface area contributed by atoms with Crippen LogP contribution < -0.4 is 5.73 Å². The molecule has 3 rings (SSSR count). The molecule has 0 saturated carbocycles. The molecule has 0 radical (unpaired) electrons. The van der Waals surface area contributed by atoms with Gasteiger partial charge in [0.2, 0.25) is 0 Å². The van der Waals surface area contributed by atoms with Crippen LogP contribution in [-0.2, 0) is 13.0 Å². The molecule has 0 amide bonds. The van der Waals surface area contributed by atoms with E-state index in [2.05, 4.69) is 55.5 Å². The average Bonchev–Trinajstić information content (AvgIpc) is 2.86. The Kier molecular flexibility index (Phi) is 3.99. The van der Waals surface area contributed by atoms with Gasteiger partial charge in [-0.2, -0.15) is 0 Å². The van der Waals surface area contributed by atoms with Crippen LogP contribution >= 0.6 is 0 Å². The molecule has 3 aromatic rings. The van der Waals surface area contributed by atoms with Gasteiger partial charge in [-0.3, -0.25) is 4.40 Å². The second-order valence-electron chi connectivity index (χ2n) is 6.14. The third kappa shape index (κ3) is 2.64. The Labute approximate surface area is 131 Å². The third-order valence-corrected chi connectivity index (χ3v) is 4.23. The standard InChI is InChI=1S/C19H23N3/c1-13(2)16-9-7-15(8-10-16)11-17-18(12-20)22-14(3)5-4-6-19(22)21-17/h4-10,13H,11-12,20H2,1-3H3. The number of benzene rings is 1. The van der Waals surface area contributed by atoms with Crippen LogP contribution in [-0.4, -0.2) is 9.38 Å². The molecule has 0 bridgehead atoms. The molecule has 0 atom stereocenters. The smallest absolute Gasteiger partial charge is 0.137 e. The number of aryl methyl sites for hydroxylation is 1. The second kappa shape index (κ2) is 5.93. The van der Waals surface area contributed by atoms with Crippen molar-refractivity contribution in [3.8, 4) is 0 Å². The number of rotatable bonds is 4. The van der Waals surface area contributed by atoms with Crippen molar-refractivity contribution >= 4 is 5.65 Å². The number of fused-ring (bicyclic) bond motifs is 1. The number of nitrogens with zero attached hydrogens (tertiary/aromatic N) is 2. The van der Waals surface area contributed by atoms with Gasteiger partial charge in [-0.25, -0.2) is 4.98 Å². The van der Waals surface area contributed by atoms with Crippen molar-refractivity contribution in [1.29, 1.82) is 0 Å². The van der Waals surface area contributed by atoms with Crippen molar-refractivity contribution in [1.82, 2.24) is 9.38 Å². The molecule has 3 nitrogen and oxygen atoms in total. The average molecular weight is 293 g/mol. The third-order valence-electron chi connectivity index (χ3n) is 4.23. The molecule has 0 unspecified atom stereocenters. The minimum Gasteiger partial charge on any atom is -0.325 e. The zero-order valence-electron chi connectivity index (χ0n) is 13.5. The lowest BCUT2D eigenvalue weighted by molar-refractivity contribution is 0.864. The number of aromatic nitrogens is 2. The van der Waals surface area contributed by atoms with Gasteiger partial charge in [0.15, 0.2) is 0 Å². The monoisotopic (exact) mass is 293 g/mol. The van der Waals surface area contributed by atoms with Crippen molar-refractivity contribution in [2.24, 2.45) is 5.73 Å². The van der Waals surface area contributed by atoms with Gasteiger partial charge in [0.25, 0.3) is 0 Å². The normalized spacial score (nSPS) is 11.5. The molecule has 0 spiro atoms. The summed E-state index contributed by atoms with van der Waals surface area (Å²) in [7, 11) is 0. The van der Waals surface area contributed by atoms with Gasteiger partial charge in [0, 0.05) is 18.7 Å². The van der Waals surface area contributed by atoms with Crippen LogP contribution in [0.1, 0.15) is 48.0 Å². The fourth-order valence-corrected chi connectivity index (χ4v) is 2.94. The quantitative estimate of drug-likeness (QED) is 0.794. The molecule has 3 heteroatoms. The van der Waals surface area contributed by atoms with E-state index < -0.39 is 0 Å². The minimum absolute atomic E-state index is 0.505. The fourth-order valence-electron chi connectivity index (χ4n) is 2.94. The molecule has 0 saturated heterocycles. The van der Waals surface area contributed by atoms with Gasteiger partial charge in [0.1, 0.15) is 5.65 Å². The minimum atomic E-state index is 0.505. The Hall–Kier alpha value is -2.13. The van der Waals surface area contributed by atoms with Crippen LogP contribution in [0.25, 0.3) is 5.65 Å². The lowest BCUT2D eigenvalue weighted by Crippen LogP contribution is -2.06. The van der Waals surface area contributed by atoms with Crippen molar-refractivity contribution in [2.75, 3.05) is 0 Å². The summed E-state index contributed by atoms with van der Waals surface area (Å²) >= 11 is 0. The Balaban J connectivity index is 1.98. The van der Waals surface area contributed by atoms with Gasteiger partial charge >= 0.3 is 0 Å². The van der Waals surface area contributed by atoms with E-state index in [0.717, 1.165) is 23.5 Å². The van der Waals surface area contributed by atoms with E-state index in [1.807, 2.05) is 12.1 Å². The molecule has 22 heavy (non-hydrogen) atoms. The maximum atomic E-state index is 5.99. The van der Waals surface area contributed by atoms with Gasteiger partial charge in [-0.15, -0.1) is 0 Å². The number of hydrogen-bond acceptors (Lipinski definition) is 2. The molecule has 0 fully saturated rings. The molecule has 0 aliphatic rings. The Morgan fingerprint density at radius 2 is 1.82 bits per heavy atom. The SMILES string of the molecule is Cc1cccc2nc(Cc3ccc(C(C)C)cc3)c(CN)n12. The van der Waals surface area contributed by atoms with Crippen molar-refractivity contribution in [3.63, 3.8) is 0 Å². The lowest BCUT2D eigenvalue weighted by atomic mass is 10.00. The predicted octanol–water partition coefficient (Wildman–Crippen LogP) is 3.82. The predicted molar refractivity (Wildman–Crippen MR) is 91.2 cm³/mol. The molecule has 114 valence electrons. The summed E-state index contributed by atoms with van der Waals surface area (Å²) in [6.45, 7) is 7.03. The van der Waals surface area contributed by atoms with Crippen LogP contribution in [0.4, 0.5) is 0 Å². The number of pyridine rings is 1. The second-order valence-corrected chi connectivity index (χ2v) is 6.14. The van der Waals surface area contributed by atoms with E-state index in [4.69, 9.17) is 10.7 Å². The largest absolute Gasteiger partial charge is 0.325 e. The number of hydrogen-bond donors (Lipinski definition) is 1. The first kappa shape index (κ1) is 14.8. The first-order valence-corrected chi connectivity index (χ1v) is 7.85. The van der Waals surface area contributed by atoms with E-state index in [1.165, 1.54) is 16.8 Å². The fraction of sp³-hybridized carbons (Fsp3) is 0.316.